The number of fused-ring (bicyclic) bond motifs is 1. The minimum Gasteiger partial charge on any atom is -0.362 e. The van der Waals surface area contributed by atoms with Gasteiger partial charge in [0.2, 0.25) is 5.91 Å². The van der Waals surface area contributed by atoms with Gasteiger partial charge in [-0.25, -0.2) is 13.2 Å². The summed E-state index contributed by atoms with van der Waals surface area (Å²) < 4.78 is 39.7. The predicted octanol–water partition coefficient (Wildman–Crippen LogP) is 3.50. The summed E-state index contributed by atoms with van der Waals surface area (Å²) in [4.78, 5) is 13.9. The van der Waals surface area contributed by atoms with Gasteiger partial charge < -0.3 is 10.2 Å². The average Bonchev–Trinajstić information content (AvgIpc) is 2.50. The lowest BCUT2D eigenvalue weighted by molar-refractivity contribution is -0.115. The molecule has 0 radical (unpaired) electrons. The second-order valence-electron chi connectivity index (χ2n) is 5.47. The van der Waals surface area contributed by atoms with E-state index in [4.69, 9.17) is 0 Å². The number of amides is 1. The molecule has 0 atom stereocenters. The van der Waals surface area contributed by atoms with Crippen LogP contribution in [0.15, 0.2) is 36.4 Å². The molecule has 120 valence electrons. The number of nitrogens with one attached hydrogen (secondary N) is 1. The maximum atomic E-state index is 13.6. The van der Waals surface area contributed by atoms with Gasteiger partial charge in [-0.3, -0.25) is 4.79 Å². The number of hydrogen-bond acceptors (Lipinski definition) is 2. The minimum absolute atomic E-state index is 0.0233. The normalized spacial score (nSPS) is 13.6. The highest BCUT2D eigenvalue weighted by molar-refractivity contribution is 5.94. The lowest BCUT2D eigenvalue weighted by atomic mass is 10.0. The van der Waals surface area contributed by atoms with Crippen LogP contribution in [0.3, 0.4) is 0 Å². The van der Waals surface area contributed by atoms with Crippen molar-refractivity contribution < 1.29 is 18.0 Å². The van der Waals surface area contributed by atoms with Crippen LogP contribution in [0, 0.1) is 17.5 Å². The Balaban J connectivity index is 1.72. The van der Waals surface area contributed by atoms with E-state index in [0.717, 1.165) is 30.2 Å². The maximum Gasteiger partial charge on any atom is 0.243 e. The molecular weight excluding hydrogens is 305 g/mol. The third-order valence-electron chi connectivity index (χ3n) is 3.80. The summed E-state index contributed by atoms with van der Waals surface area (Å²) in [6.45, 7) is 0.688. The summed E-state index contributed by atoms with van der Waals surface area (Å²) in [7, 11) is 0. The summed E-state index contributed by atoms with van der Waals surface area (Å²) in [6, 6.07) is 7.46. The molecule has 2 aromatic carbocycles. The Labute approximate surface area is 131 Å². The third-order valence-corrected chi connectivity index (χ3v) is 3.80. The van der Waals surface area contributed by atoms with Gasteiger partial charge in [-0.15, -0.1) is 0 Å². The van der Waals surface area contributed by atoms with E-state index >= 15 is 0 Å². The number of nitrogens with zero attached hydrogens (tertiary/aromatic N) is 1. The molecule has 1 N–H and O–H groups in total. The van der Waals surface area contributed by atoms with Gasteiger partial charge in [0.1, 0.15) is 17.5 Å². The number of halogens is 3. The Kier molecular flexibility index (Phi) is 4.23. The second kappa shape index (κ2) is 6.32. The van der Waals surface area contributed by atoms with Gasteiger partial charge in [0.05, 0.1) is 12.2 Å². The Morgan fingerprint density at radius 1 is 1.09 bits per heavy atom. The summed E-state index contributed by atoms with van der Waals surface area (Å²) in [5, 5.41) is 2.43. The van der Waals surface area contributed by atoms with Crippen molar-refractivity contribution in [1.82, 2.24) is 0 Å². The molecule has 6 heteroatoms. The Morgan fingerprint density at radius 3 is 2.61 bits per heavy atom. The molecule has 0 unspecified atom stereocenters. The number of aryl methyl sites for hydroxylation is 1. The van der Waals surface area contributed by atoms with Gasteiger partial charge in [0, 0.05) is 18.3 Å². The number of carbonyl (C=O) groups is 1. The van der Waals surface area contributed by atoms with Crippen molar-refractivity contribution in [2.45, 2.75) is 12.8 Å². The Morgan fingerprint density at radius 2 is 1.83 bits per heavy atom. The van der Waals surface area contributed by atoms with E-state index in [-0.39, 0.29) is 18.0 Å². The Hall–Kier alpha value is -2.50. The average molecular weight is 320 g/mol. The molecule has 0 saturated heterocycles. The van der Waals surface area contributed by atoms with Gasteiger partial charge in [-0.1, -0.05) is 0 Å². The standard InChI is InChI=1S/C17H15F3N2O/c18-12-4-6-16-11(8-12)2-1-7-22(16)10-17(23)21-15-5-3-13(19)9-14(15)20/h3-6,8-9H,1-2,7,10H2,(H,21,23). The van der Waals surface area contributed by atoms with Crippen molar-refractivity contribution in [3.63, 3.8) is 0 Å². The van der Waals surface area contributed by atoms with Crippen LogP contribution in [-0.2, 0) is 11.2 Å². The van der Waals surface area contributed by atoms with Gasteiger partial charge >= 0.3 is 0 Å². The van der Waals surface area contributed by atoms with Crippen LogP contribution in [0.2, 0.25) is 0 Å². The summed E-state index contributed by atoms with van der Waals surface area (Å²) in [5.74, 6) is -2.23. The molecule has 1 aliphatic rings. The fourth-order valence-electron chi connectivity index (χ4n) is 2.76. The van der Waals surface area contributed by atoms with E-state index in [9.17, 15) is 18.0 Å². The van der Waals surface area contributed by atoms with Gasteiger partial charge in [0.25, 0.3) is 0 Å². The van der Waals surface area contributed by atoms with Crippen LogP contribution >= 0.6 is 0 Å². The molecule has 1 aliphatic heterocycles. The van der Waals surface area contributed by atoms with Crippen LogP contribution in [0.25, 0.3) is 0 Å². The zero-order valence-corrected chi connectivity index (χ0v) is 12.3. The lowest BCUT2D eigenvalue weighted by Crippen LogP contribution is -2.37. The van der Waals surface area contributed by atoms with Crippen molar-refractivity contribution >= 4 is 17.3 Å². The van der Waals surface area contributed by atoms with Crippen molar-refractivity contribution in [2.24, 2.45) is 0 Å². The molecule has 0 aromatic heterocycles. The molecule has 2 aromatic rings. The van der Waals surface area contributed by atoms with Gasteiger partial charge in [-0.2, -0.15) is 0 Å². The van der Waals surface area contributed by atoms with E-state index in [1.165, 1.54) is 18.2 Å². The first-order valence-electron chi connectivity index (χ1n) is 7.31. The first kappa shape index (κ1) is 15.4. The van der Waals surface area contributed by atoms with Gasteiger partial charge in [0.15, 0.2) is 0 Å². The van der Waals surface area contributed by atoms with Crippen LogP contribution in [-0.4, -0.2) is 19.0 Å². The molecule has 0 saturated carbocycles. The van der Waals surface area contributed by atoms with Gasteiger partial charge in [-0.05, 0) is 48.7 Å². The second-order valence-corrected chi connectivity index (χ2v) is 5.47. The number of anilines is 2. The van der Waals surface area contributed by atoms with E-state index < -0.39 is 17.5 Å². The SMILES string of the molecule is O=C(CN1CCCc2cc(F)ccc21)Nc1ccc(F)cc1F. The number of carbonyl (C=O) groups excluding carboxylic acids is 1. The van der Waals surface area contributed by atoms with Crippen molar-refractivity contribution in [3.8, 4) is 0 Å². The highest BCUT2D eigenvalue weighted by Crippen LogP contribution is 2.27. The third kappa shape index (κ3) is 3.47. The molecule has 3 rings (SSSR count). The summed E-state index contributed by atoms with van der Waals surface area (Å²) in [6.07, 6.45) is 1.58. The fourth-order valence-corrected chi connectivity index (χ4v) is 2.76. The number of benzene rings is 2. The molecule has 0 fully saturated rings. The van der Waals surface area contributed by atoms with Crippen molar-refractivity contribution in [2.75, 3.05) is 23.3 Å². The Bertz CT molecular complexity index is 749. The van der Waals surface area contributed by atoms with E-state index in [0.29, 0.717) is 12.6 Å². The summed E-state index contributed by atoms with van der Waals surface area (Å²) >= 11 is 0. The molecule has 1 amide bonds. The molecule has 3 nitrogen and oxygen atoms in total. The van der Waals surface area contributed by atoms with Crippen molar-refractivity contribution in [3.05, 3.63) is 59.4 Å². The van der Waals surface area contributed by atoms with E-state index in [1.807, 2.05) is 4.90 Å². The zero-order chi connectivity index (χ0) is 16.4. The molecule has 23 heavy (non-hydrogen) atoms. The number of rotatable bonds is 3. The first-order chi connectivity index (χ1) is 11.0. The highest BCUT2D eigenvalue weighted by atomic mass is 19.1. The largest absolute Gasteiger partial charge is 0.362 e. The van der Waals surface area contributed by atoms with Crippen LogP contribution in [0.4, 0.5) is 24.5 Å². The quantitative estimate of drug-likeness (QED) is 0.939. The monoisotopic (exact) mass is 320 g/mol. The molecular formula is C17H15F3N2O. The van der Waals surface area contributed by atoms with Crippen LogP contribution < -0.4 is 10.2 Å². The van der Waals surface area contributed by atoms with E-state index in [2.05, 4.69) is 5.32 Å². The smallest absolute Gasteiger partial charge is 0.243 e. The maximum absolute atomic E-state index is 13.6. The van der Waals surface area contributed by atoms with Crippen LogP contribution in [0.5, 0.6) is 0 Å². The zero-order valence-electron chi connectivity index (χ0n) is 12.3. The summed E-state index contributed by atoms with van der Waals surface area (Å²) in [5.41, 5.74) is 1.61. The first-order valence-corrected chi connectivity index (χ1v) is 7.31. The lowest BCUT2D eigenvalue weighted by Gasteiger charge is -2.30. The minimum atomic E-state index is -0.820. The van der Waals surface area contributed by atoms with E-state index in [1.54, 1.807) is 6.07 Å². The number of hydrogen-bond donors (Lipinski definition) is 1. The molecule has 1 heterocycles. The molecule has 0 bridgehead atoms. The predicted molar refractivity (Wildman–Crippen MR) is 81.9 cm³/mol. The fraction of sp³-hybridized carbons (Fsp3) is 0.235. The van der Waals surface area contributed by atoms with Crippen LogP contribution in [0.1, 0.15) is 12.0 Å². The molecule has 0 spiro atoms. The molecule has 0 aliphatic carbocycles. The highest BCUT2D eigenvalue weighted by Gasteiger charge is 2.20. The topological polar surface area (TPSA) is 32.3 Å². The van der Waals surface area contributed by atoms with Crippen molar-refractivity contribution in [1.29, 1.82) is 0 Å².